The monoisotopic (exact) mass is 356 g/mol. The van der Waals surface area contributed by atoms with E-state index in [2.05, 4.69) is 0 Å². The van der Waals surface area contributed by atoms with Gasteiger partial charge in [0.1, 0.15) is 5.78 Å². The summed E-state index contributed by atoms with van der Waals surface area (Å²) < 4.78 is 39.1. The lowest BCUT2D eigenvalue weighted by Gasteiger charge is -2.35. The van der Waals surface area contributed by atoms with Gasteiger partial charge in [-0.15, -0.1) is 0 Å². The fourth-order valence-corrected chi connectivity index (χ4v) is 2.69. The lowest BCUT2D eigenvalue weighted by Crippen LogP contribution is -2.50. The van der Waals surface area contributed by atoms with E-state index in [4.69, 9.17) is 0 Å². The zero-order valence-corrected chi connectivity index (χ0v) is 13.8. The summed E-state index contributed by atoms with van der Waals surface area (Å²) in [5.74, 6) is -0.951. The van der Waals surface area contributed by atoms with Crippen LogP contribution in [0.15, 0.2) is 24.3 Å². The molecule has 25 heavy (non-hydrogen) atoms. The summed E-state index contributed by atoms with van der Waals surface area (Å²) in [6.07, 6.45) is -4.33. The fraction of sp³-hybridized carbons (Fsp3) is 0.471. The predicted octanol–water partition coefficient (Wildman–Crippen LogP) is 2.36. The molecule has 0 N–H and O–H groups in total. The van der Waals surface area contributed by atoms with Crippen molar-refractivity contribution in [1.82, 2.24) is 9.80 Å². The van der Waals surface area contributed by atoms with E-state index in [9.17, 15) is 27.6 Å². The van der Waals surface area contributed by atoms with E-state index in [1.54, 1.807) is 0 Å². The Hall–Kier alpha value is -2.38. The number of carbonyl (C=O) groups is 3. The summed E-state index contributed by atoms with van der Waals surface area (Å²) in [5.41, 5.74) is -1.34. The topological polar surface area (TPSA) is 57.7 Å². The molecule has 0 bridgehead atoms. The quantitative estimate of drug-likeness (QED) is 0.832. The number of piperazine rings is 1. The van der Waals surface area contributed by atoms with Gasteiger partial charge >= 0.3 is 6.18 Å². The van der Waals surface area contributed by atoms with Gasteiger partial charge in [0.05, 0.1) is 11.1 Å². The minimum absolute atomic E-state index is 0.0779. The summed E-state index contributed by atoms with van der Waals surface area (Å²) in [5, 5.41) is 0. The van der Waals surface area contributed by atoms with Crippen LogP contribution < -0.4 is 0 Å². The summed E-state index contributed by atoms with van der Waals surface area (Å²) in [6.45, 7) is 2.23. The molecule has 1 heterocycles. The van der Waals surface area contributed by atoms with Crippen molar-refractivity contribution in [2.45, 2.75) is 25.9 Å². The van der Waals surface area contributed by atoms with Crippen LogP contribution in [-0.2, 0) is 15.8 Å². The van der Waals surface area contributed by atoms with Gasteiger partial charge in [-0.2, -0.15) is 13.2 Å². The highest BCUT2D eigenvalue weighted by atomic mass is 19.4. The molecule has 2 amide bonds. The van der Waals surface area contributed by atoms with Gasteiger partial charge in [-0.25, -0.2) is 0 Å². The highest BCUT2D eigenvalue weighted by Crippen LogP contribution is 2.32. The van der Waals surface area contributed by atoms with E-state index in [0.29, 0.717) is 0 Å². The van der Waals surface area contributed by atoms with Gasteiger partial charge in [0.2, 0.25) is 5.91 Å². The maximum Gasteiger partial charge on any atom is 0.417 e. The number of hydrogen-bond donors (Lipinski definition) is 0. The Kier molecular flexibility index (Phi) is 5.81. The SMILES string of the molecule is CC(=O)CCC(=O)N1CCN(C(=O)c2ccccc2C(F)(F)F)CC1. The zero-order chi connectivity index (χ0) is 18.6. The largest absolute Gasteiger partial charge is 0.417 e. The minimum atomic E-state index is -4.60. The molecule has 1 fully saturated rings. The van der Waals surface area contributed by atoms with E-state index >= 15 is 0 Å². The number of nitrogens with zero attached hydrogens (tertiary/aromatic N) is 2. The first kappa shape index (κ1) is 19.0. The van der Waals surface area contributed by atoms with E-state index in [1.165, 1.54) is 28.9 Å². The van der Waals surface area contributed by atoms with Crippen molar-refractivity contribution in [3.63, 3.8) is 0 Å². The number of benzene rings is 1. The number of rotatable bonds is 4. The molecule has 0 saturated carbocycles. The van der Waals surface area contributed by atoms with Crippen LogP contribution >= 0.6 is 0 Å². The van der Waals surface area contributed by atoms with Crippen molar-refractivity contribution >= 4 is 17.6 Å². The van der Waals surface area contributed by atoms with E-state index < -0.39 is 17.6 Å². The van der Waals surface area contributed by atoms with Gasteiger partial charge in [-0.3, -0.25) is 9.59 Å². The first-order chi connectivity index (χ1) is 11.7. The molecule has 5 nitrogen and oxygen atoms in total. The van der Waals surface area contributed by atoms with Gasteiger partial charge in [-0.05, 0) is 19.1 Å². The van der Waals surface area contributed by atoms with Crippen LogP contribution in [0.1, 0.15) is 35.7 Å². The molecule has 2 rings (SSSR count). The first-order valence-electron chi connectivity index (χ1n) is 7.93. The standard InChI is InChI=1S/C17H19F3N2O3/c1-12(23)6-7-15(24)21-8-10-22(11-9-21)16(25)13-4-2-3-5-14(13)17(18,19)20/h2-5H,6-11H2,1H3. The molecular formula is C17H19F3N2O3. The Bertz CT molecular complexity index is 665. The fourth-order valence-electron chi connectivity index (χ4n) is 2.69. The molecule has 0 spiro atoms. The highest BCUT2D eigenvalue weighted by Gasteiger charge is 2.36. The van der Waals surface area contributed by atoms with E-state index in [1.807, 2.05) is 0 Å². The smallest absolute Gasteiger partial charge is 0.339 e. The van der Waals surface area contributed by atoms with Gasteiger partial charge in [0.25, 0.3) is 5.91 Å². The average Bonchev–Trinajstić information content (AvgIpc) is 2.58. The predicted molar refractivity (Wildman–Crippen MR) is 83.8 cm³/mol. The number of hydrogen-bond acceptors (Lipinski definition) is 3. The summed E-state index contributed by atoms with van der Waals surface area (Å²) in [7, 11) is 0. The molecule has 136 valence electrons. The molecule has 1 aromatic rings. The number of Topliss-reactive ketones (excluding diaryl/α,β-unsaturated/α-hetero) is 1. The molecule has 0 unspecified atom stereocenters. The first-order valence-corrected chi connectivity index (χ1v) is 7.93. The van der Waals surface area contributed by atoms with Crippen molar-refractivity contribution in [2.75, 3.05) is 26.2 Å². The highest BCUT2D eigenvalue weighted by molar-refractivity contribution is 5.96. The Morgan fingerprint density at radius 2 is 1.52 bits per heavy atom. The van der Waals surface area contributed by atoms with Crippen LogP contribution in [0.3, 0.4) is 0 Å². The maximum absolute atomic E-state index is 13.0. The molecule has 8 heteroatoms. The average molecular weight is 356 g/mol. The maximum atomic E-state index is 13.0. The molecular weight excluding hydrogens is 337 g/mol. The normalized spacial score (nSPS) is 15.2. The molecule has 0 radical (unpaired) electrons. The molecule has 1 aromatic carbocycles. The Morgan fingerprint density at radius 1 is 0.960 bits per heavy atom. The van der Waals surface area contributed by atoms with Crippen LogP contribution in [0.4, 0.5) is 13.2 Å². The Labute approximate surface area is 143 Å². The number of carbonyl (C=O) groups excluding carboxylic acids is 3. The molecule has 0 atom stereocenters. The van der Waals surface area contributed by atoms with Gasteiger partial charge in [0.15, 0.2) is 0 Å². The molecule has 0 aromatic heterocycles. The van der Waals surface area contributed by atoms with Crippen molar-refractivity contribution in [3.05, 3.63) is 35.4 Å². The Morgan fingerprint density at radius 3 is 2.08 bits per heavy atom. The second-order valence-corrected chi connectivity index (χ2v) is 5.92. The number of alkyl halides is 3. The Balaban J connectivity index is 2.01. The third-order valence-electron chi connectivity index (χ3n) is 4.07. The lowest BCUT2D eigenvalue weighted by atomic mass is 10.1. The van der Waals surface area contributed by atoms with Crippen LogP contribution in [0.25, 0.3) is 0 Å². The second-order valence-electron chi connectivity index (χ2n) is 5.92. The van der Waals surface area contributed by atoms with E-state index in [0.717, 1.165) is 12.1 Å². The van der Waals surface area contributed by atoms with Crippen LogP contribution in [0.2, 0.25) is 0 Å². The van der Waals surface area contributed by atoms with Crippen LogP contribution in [0, 0.1) is 0 Å². The number of amides is 2. The lowest BCUT2D eigenvalue weighted by molar-refractivity contribution is -0.138. The third kappa shape index (κ3) is 4.80. The van der Waals surface area contributed by atoms with Crippen molar-refractivity contribution in [3.8, 4) is 0 Å². The van der Waals surface area contributed by atoms with Crippen molar-refractivity contribution in [2.24, 2.45) is 0 Å². The third-order valence-corrected chi connectivity index (χ3v) is 4.07. The van der Waals surface area contributed by atoms with Gasteiger partial charge in [0, 0.05) is 39.0 Å². The minimum Gasteiger partial charge on any atom is -0.339 e. The van der Waals surface area contributed by atoms with Gasteiger partial charge in [-0.1, -0.05) is 12.1 Å². The van der Waals surface area contributed by atoms with Gasteiger partial charge < -0.3 is 14.6 Å². The van der Waals surface area contributed by atoms with Crippen molar-refractivity contribution in [1.29, 1.82) is 0 Å². The van der Waals surface area contributed by atoms with Crippen LogP contribution in [0.5, 0.6) is 0 Å². The summed E-state index contributed by atoms with van der Waals surface area (Å²) in [4.78, 5) is 38.2. The molecule has 1 aliphatic rings. The summed E-state index contributed by atoms with van der Waals surface area (Å²) in [6, 6.07) is 4.68. The van der Waals surface area contributed by atoms with Crippen molar-refractivity contribution < 1.29 is 27.6 Å². The van der Waals surface area contributed by atoms with Crippen LogP contribution in [-0.4, -0.2) is 53.6 Å². The molecule has 1 saturated heterocycles. The molecule has 1 aliphatic heterocycles. The second kappa shape index (κ2) is 7.67. The number of ketones is 1. The zero-order valence-electron chi connectivity index (χ0n) is 13.8. The number of halogens is 3. The van der Waals surface area contributed by atoms with E-state index in [-0.39, 0.29) is 56.3 Å². The summed E-state index contributed by atoms with van der Waals surface area (Å²) >= 11 is 0. The molecule has 0 aliphatic carbocycles.